The van der Waals surface area contributed by atoms with Gasteiger partial charge in [0.2, 0.25) is 5.91 Å². The number of carbonyl (C=O) groups excluding carboxylic acids is 1. The molecule has 1 aromatic heterocycles. The molecule has 6 nitrogen and oxygen atoms in total. The van der Waals surface area contributed by atoms with E-state index in [1.54, 1.807) is 7.11 Å². The summed E-state index contributed by atoms with van der Waals surface area (Å²) in [5, 5.41) is 13.1. The van der Waals surface area contributed by atoms with Gasteiger partial charge in [0.15, 0.2) is 11.0 Å². The minimum Gasteiger partial charge on any atom is -0.385 e. The summed E-state index contributed by atoms with van der Waals surface area (Å²) in [6.07, 6.45) is 5.40. The van der Waals surface area contributed by atoms with Gasteiger partial charge in [0.25, 0.3) is 0 Å². The largest absolute Gasteiger partial charge is 0.385 e. The summed E-state index contributed by atoms with van der Waals surface area (Å²) < 4.78 is 7.19. The molecule has 1 N–H and O–H groups in total. The number of hydrogen-bond donors (Lipinski definition) is 1. The molecule has 27 heavy (non-hydrogen) atoms. The Kier molecular flexibility index (Phi) is 7.55. The molecule has 0 unspecified atom stereocenters. The van der Waals surface area contributed by atoms with Gasteiger partial charge in [-0.3, -0.25) is 4.79 Å². The van der Waals surface area contributed by atoms with Crippen LogP contribution in [0.5, 0.6) is 0 Å². The molecule has 0 atom stereocenters. The van der Waals surface area contributed by atoms with Crippen LogP contribution in [0.2, 0.25) is 5.02 Å². The van der Waals surface area contributed by atoms with Gasteiger partial charge in [-0.1, -0.05) is 48.3 Å². The Hall–Kier alpha value is -1.57. The molecule has 1 heterocycles. The normalized spacial score (nSPS) is 14.6. The maximum absolute atomic E-state index is 12.2. The SMILES string of the molecule is COCCCn1c(SCC(=O)NC2CCCC2)nnc1-c1ccccc1Cl. The smallest absolute Gasteiger partial charge is 0.230 e. The van der Waals surface area contributed by atoms with E-state index >= 15 is 0 Å². The molecular weight excluding hydrogens is 384 g/mol. The van der Waals surface area contributed by atoms with Gasteiger partial charge in [-0.25, -0.2) is 0 Å². The first kappa shape index (κ1) is 20.2. The van der Waals surface area contributed by atoms with Crippen LogP contribution in [0.25, 0.3) is 11.4 Å². The van der Waals surface area contributed by atoms with Gasteiger partial charge < -0.3 is 14.6 Å². The van der Waals surface area contributed by atoms with Gasteiger partial charge in [-0.2, -0.15) is 0 Å². The van der Waals surface area contributed by atoms with Crippen molar-refractivity contribution in [2.24, 2.45) is 0 Å². The van der Waals surface area contributed by atoms with E-state index in [1.165, 1.54) is 24.6 Å². The van der Waals surface area contributed by atoms with Crippen LogP contribution in [-0.4, -0.2) is 46.2 Å². The highest BCUT2D eigenvalue weighted by Crippen LogP contribution is 2.29. The molecule has 1 aliphatic rings. The average Bonchev–Trinajstić information content (AvgIpc) is 3.31. The molecule has 1 amide bonds. The van der Waals surface area contributed by atoms with E-state index in [9.17, 15) is 4.79 Å². The zero-order chi connectivity index (χ0) is 19.1. The van der Waals surface area contributed by atoms with Crippen molar-refractivity contribution in [2.75, 3.05) is 19.5 Å². The number of hydrogen-bond acceptors (Lipinski definition) is 5. The summed E-state index contributed by atoms with van der Waals surface area (Å²) in [7, 11) is 1.68. The molecule has 8 heteroatoms. The molecule has 0 spiro atoms. The van der Waals surface area contributed by atoms with E-state index in [0.717, 1.165) is 35.8 Å². The number of benzene rings is 1. The molecule has 1 aromatic carbocycles. The monoisotopic (exact) mass is 408 g/mol. The third-order valence-corrected chi connectivity index (χ3v) is 5.91. The molecule has 146 valence electrons. The van der Waals surface area contributed by atoms with Gasteiger partial charge in [-0.15, -0.1) is 10.2 Å². The predicted octanol–water partition coefficient (Wildman–Crippen LogP) is 3.79. The maximum Gasteiger partial charge on any atom is 0.230 e. The van der Waals surface area contributed by atoms with Crippen molar-refractivity contribution in [1.82, 2.24) is 20.1 Å². The van der Waals surface area contributed by atoms with Crippen LogP contribution in [0.15, 0.2) is 29.4 Å². The molecule has 1 saturated carbocycles. The lowest BCUT2D eigenvalue weighted by Gasteiger charge is -2.13. The number of amides is 1. The lowest BCUT2D eigenvalue weighted by molar-refractivity contribution is -0.119. The van der Waals surface area contributed by atoms with Gasteiger partial charge >= 0.3 is 0 Å². The average molecular weight is 409 g/mol. The maximum atomic E-state index is 12.2. The highest BCUT2D eigenvalue weighted by Gasteiger charge is 2.20. The Bertz CT molecular complexity index is 762. The molecule has 0 aliphatic heterocycles. The first-order chi connectivity index (χ1) is 13.2. The Balaban J connectivity index is 1.71. The van der Waals surface area contributed by atoms with E-state index < -0.39 is 0 Å². The first-order valence-corrected chi connectivity index (χ1v) is 10.6. The minimum atomic E-state index is 0.0534. The lowest BCUT2D eigenvalue weighted by atomic mass is 10.2. The van der Waals surface area contributed by atoms with Crippen LogP contribution >= 0.6 is 23.4 Å². The minimum absolute atomic E-state index is 0.0534. The van der Waals surface area contributed by atoms with Crippen molar-refractivity contribution < 1.29 is 9.53 Å². The van der Waals surface area contributed by atoms with Crippen LogP contribution in [0, 0.1) is 0 Å². The van der Waals surface area contributed by atoms with E-state index in [1.807, 2.05) is 28.8 Å². The van der Waals surface area contributed by atoms with Crippen molar-refractivity contribution >= 4 is 29.3 Å². The number of halogens is 1. The summed E-state index contributed by atoms with van der Waals surface area (Å²) in [4.78, 5) is 12.2. The second-order valence-corrected chi connectivity index (χ2v) is 7.97. The highest BCUT2D eigenvalue weighted by molar-refractivity contribution is 7.99. The quantitative estimate of drug-likeness (QED) is 0.505. The van der Waals surface area contributed by atoms with Crippen molar-refractivity contribution in [3.05, 3.63) is 29.3 Å². The van der Waals surface area contributed by atoms with Gasteiger partial charge in [0, 0.05) is 31.9 Å². The number of rotatable bonds is 9. The van der Waals surface area contributed by atoms with Gasteiger partial charge in [0.1, 0.15) is 0 Å². The Morgan fingerprint density at radius 3 is 2.85 bits per heavy atom. The first-order valence-electron chi connectivity index (χ1n) is 9.28. The summed E-state index contributed by atoms with van der Waals surface area (Å²) in [6.45, 7) is 1.35. The van der Waals surface area contributed by atoms with Crippen molar-refractivity contribution in [2.45, 2.75) is 49.8 Å². The standard InChI is InChI=1S/C19H25ClN4O2S/c1-26-12-6-11-24-18(15-9-4-5-10-16(15)20)22-23-19(24)27-13-17(25)21-14-7-2-3-8-14/h4-5,9-10,14H,2-3,6-8,11-13H2,1H3,(H,21,25). The van der Waals surface area contributed by atoms with Crippen molar-refractivity contribution in [3.8, 4) is 11.4 Å². The molecule has 1 aliphatic carbocycles. The number of nitrogens with one attached hydrogen (secondary N) is 1. The summed E-state index contributed by atoms with van der Waals surface area (Å²) in [5.74, 6) is 1.11. The van der Waals surface area contributed by atoms with Crippen LogP contribution in [0.1, 0.15) is 32.1 Å². The summed E-state index contributed by atoms with van der Waals surface area (Å²) >= 11 is 7.76. The summed E-state index contributed by atoms with van der Waals surface area (Å²) in [5.41, 5.74) is 0.839. The zero-order valence-corrected chi connectivity index (χ0v) is 17.1. The molecule has 3 rings (SSSR count). The van der Waals surface area contributed by atoms with Crippen LogP contribution in [-0.2, 0) is 16.1 Å². The van der Waals surface area contributed by atoms with Gasteiger partial charge in [0.05, 0.1) is 10.8 Å². The molecular formula is C19H25ClN4O2S. The topological polar surface area (TPSA) is 69.0 Å². The Labute approximate surface area is 169 Å². The molecule has 2 aromatic rings. The zero-order valence-electron chi connectivity index (χ0n) is 15.5. The molecule has 0 radical (unpaired) electrons. The highest BCUT2D eigenvalue weighted by atomic mass is 35.5. The number of nitrogens with zero attached hydrogens (tertiary/aromatic N) is 3. The molecule has 0 bridgehead atoms. The molecule has 0 saturated heterocycles. The lowest BCUT2D eigenvalue weighted by Crippen LogP contribution is -2.33. The third kappa shape index (κ3) is 5.46. The number of ether oxygens (including phenoxy) is 1. The van der Waals surface area contributed by atoms with Crippen LogP contribution < -0.4 is 5.32 Å². The Morgan fingerprint density at radius 2 is 2.11 bits per heavy atom. The number of aromatic nitrogens is 3. The van der Waals surface area contributed by atoms with Gasteiger partial charge in [-0.05, 0) is 31.4 Å². The second kappa shape index (κ2) is 10.1. The number of thioether (sulfide) groups is 1. The summed E-state index contributed by atoms with van der Waals surface area (Å²) in [6, 6.07) is 7.92. The Morgan fingerprint density at radius 1 is 1.33 bits per heavy atom. The number of methoxy groups -OCH3 is 1. The number of carbonyl (C=O) groups is 1. The van der Waals surface area contributed by atoms with Crippen molar-refractivity contribution in [1.29, 1.82) is 0 Å². The van der Waals surface area contributed by atoms with E-state index in [0.29, 0.717) is 30.0 Å². The van der Waals surface area contributed by atoms with Crippen LogP contribution in [0.3, 0.4) is 0 Å². The van der Waals surface area contributed by atoms with Crippen molar-refractivity contribution in [3.63, 3.8) is 0 Å². The second-order valence-electron chi connectivity index (χ2n) is 6.62. The van der Waals surface area contributed by atoms with E-state index in [2.05, 4.69) is 15.5 Å². The predicted molar refractivity (Wildman–Crippen MR) is 108 cm³/mol. The van der Waals surface area contributed by atoms with E-state index in [4.69, 9.17) is 16.3 Å². The van der Waals surface area contributed by atoms with Crippen LogP contribution in [0.4, 0.5) is 0 Å². The van der Waals surface area contributed by atoms with E-state index in [-0.39, 0.29) is 5.91 Å². The fraction of sp³-hybridized carbons (Fsp3) is 0.526. The fourth-order valence-electron chi connectivity index (χ4n) is 3.28. The fourth-order valence-corrected chi connectivity index (χ4v) is 4.27. The third-order valence-electron chi connectivity index (χ3n) is 4.61. The molecule has 1 fully saturated rings.